The molecule has 14 heavy (non-hydrogen) atoms. The monoisotopic (exact) mass is 198 g/mol. The van der Waals surface area contributed by atoms with Gasteiger partial charge in [0.25, 0.3) is 0 Å². The van der Waals surface area contributed by atoms with Gasteiger partial charge < -0.3 is 10.2 Å². The van der Waals surface area contributed by atoms with Crippen LogP contribution in [-0.2, 0) is 0 Å². The molecule has 0 heterocycles. The Morgan fingerprint density at radius 3 is 2.57 bits per heavy atom. The van der Waals surface area contributed by atoms with Crippen LogP contribution in [0.4, 0.5) is 0 Å². The van der Waals surface area contributed by atoms with E-state index in [9.17, 15) is 0 Å². The fourth-order valence-electron chi connectivity index (χ4n) is 1.43. The van der Waals surface area contributed by atoms with Crippen LogP contribution in [0.25, 0.3) is 0 Å². The van der Waals surface area contributed by atoms with Crippen LogP contribution in [0.1, 0.15) is 32.6 Å². The number of nitrogens with zero attached hydrogens (tertiary/aromatic N) is 1. The first kappa shape index (κ1) is 13.7. The summed E-state index contributed by atoms with van der Waals surface area (Å²) in [7, 11) is 2.20. The number of rotatable bonds is 10. The number of hydrogen-bond acceptors (Lipinski definition) is 2. The van der Waals surface area contributed by atoms with Gasteiger partial charge in [0.05, 0.1) is 0 Å². The van der Waals surface area contributed by atoms with Gasteiger partial charge in [0, 0.05) is 0 Å². The van der Waals surface area contributed by atoms with Crippen molar-refractivity contribution in [2.75, 3.05) is 33.2 Å². The minimum Gasteiger partial charge on any atom is -0.317 e. The second-order valence-corrected chi connectivity index (χ2v) is 3.79. The van der Waals surface area contributed by atoms with Gasteiger partial charge in [0.1, 0.15) is 0 Å². The lowest BCUT2D eigenvalue weighted by atomic mass is 10.2. The van der Waals surface area contributed by atoms with Crippen LogP contribution in [-0.4, -0.2) is 38.1 Å². The Hall–Kier alpha value is -0.340. The molecule has 2 nitrogen and oxygen atoms in total. The zero-order chi connectivity index (χ0) is 10.6. The molecule has 0 amide bonds. The molecular formula is C12H26N2. The van der Waals surface area contributed by atoms with Gasteiger partial charge in [-0.3, -0.25) is 0 Å². The van der Waals surface area contributed by atoms with Gasteiger partial charge in [-0.2, -0.15) is 0 Å². The molecular weight excluding hydrogens is 172 g/mol. The molecule has 0 aromatic rings. The topological polar surface area (TPSA) is 15.3 Å². The maximum Gasteiger partial charge on any atom is -0.00188 e. The largest absolute Gasteiger partial charge is 0.317 e. The van der Waals surface area contributed by atoms with Crippen molar-refractivity contribution in [1.29, 1.82) is 0 Å². The number of hydrogen-bond donors (Lipinski definition) is 1. The summed E-state index contributed by atoms with van der Waals surface area (Å²) in [6, 6.07) is 0. The van der Waals surface area contributed by atoms with Crippen LogP contribution in [0.3, 0.4) is 0 Å². The Kier molecular flexibility index (Phi) is 10.5. The maximum atomic E-state index is 3.73. The van der Waals surface area contributed by atoms with Crippen molar-refractivity contribution in [3.63, 3.8) is 0 Å². The molecule has 0 fully saturated rings. The van der Waals surface area contributed by atoms with E-state index in [4.69, 9.17) is 0 Å². The molecule has 0 saturated heterocycles. The molecule has 0 atom stereocenters. The number of nitrogens with one attached hydrogen (secondary N) is 1. The average molecular weight is 198 g/mol. The van der Waals surface area contributed by atoms with Crippen LogP contribution < -0.4 is 5.32 Å². The highest BCUT2D eigenvalue weighted by Crippen LogP contribution is 1.96. The minimum atomic E-state index is 1.09. The quantitative estimate of drug-likeness (QED) is 0.428. The summed E-state index contributed by atoms with van der Waals surface area (Å²) in [5.41, 5.74) is 0. The molecule has 0 unspecified atom stereocenters. The zero-order valence-corrected chi connectivity index (χ0v) is 9.89. The number of unbranched alkanes of at least 4 members (excludes halogenated alkanes) is 2. The summed E-state index contributed by atoms with van der Waals surface area (Å²) < 4.78 is 0. The molecule has 0 saturated carbocycles. The van der Waals surface area contributed by atoms with Crippen LogP contribution >= 0.6 is 0 Å². The van der Waals surface area contributed by atoms with Crippen molar-refractivity contribution in [2.45, 2.75) is 32.6 Å². The molecule has 0 radical (unpaired) electrons. The maximum absolute atomic E-state index is 3.73. The van der Waals surface area contributed by atoms with E-state index in [0.29, 0.717) is 0 Å². The third-order valence-electron chi connectivity index (χ3n) is 2.34. The predicted octanol–water partition coefficient (Wildman–Crippen LogP) is 2.27. The van der Waals surface area contributed by atoms with E-state index in [0.717, 1.165) is 19.5 Å². The lowest BCUT2D eigenvalue weighted by Crippen LogP contribution is -2.22. The SMILES string of the molecule is C=CCCCN(C)CCCCNCC. The van der Waals surface area contributed by atoms with Crippen molar-refractivity contribution in [3.8, 4) is 0 Å². The van der Waals surface area contributed by atoms with Crippen LogP contribution in [0.5, 0.6) is 0 Å². The van der Waals surface area contributed by atoms with Gasteiger partial charge in [-0.25, -0.2) is 0 Å². The lowest BCUT2D eigenvalue weighted by Gasteiger charge is -2.15. The second kappa shape index (κ2) is 10.7. The second-order valence-electron chi connectivity index (χ2n) is 3.79. The molecule has 84 valence electrons. The Morgan fingerprint density at radius 1 is 1.21 bits per heavy atom. The van der Waals surface area contributed by atoms with Crippen LogP contribution in [0.15, 0.2) is 12.7 Å². The van der Waals surface area contributed by atoms with Gasteiger partial charge in [-0.1, -0.05) is 13.0 Å². The molecule has 2 heteroatoms. The van der Waals surface area contributed by atoms with E-state index in [2.05, 4.69) is 30.8 Å². The molecule has 1 N–H and O–H groups in total. The third-order valence-corrected chi connectivity index (χ3v) is 2.34. The highest BCUT2D eigenvalue weighted by atomic mass is 15.1. The molecule has 0 spiro atoms. The minimum absolute atomic E-state index is 1.09. The summed E-state index contributed by atoms with van der Waals surface area (Å²) >= 11 is 0. The first-order valence-corrected chi connectivity index (χ1v) is 5.81. The van der Waals surface area contributed by atoms with Gasteiger partial charge in [0.2, 0.25) is 0 Å². The van der Waals surface area contributed by atoms with Gasteiger partial charge in [-0.05, 0) is 58.9 Å². The Labute approximate surface area is 89.4 Å². The number of allylic oxidation sites excluding steroid dienone is 1. The van der Waals surface area contributed by atoms with Crippen molar-refractivity contribution in [3.05, 3.63) is 12.7 Å². The van der Waals surface area contributed by atoms with Crippen molar-refractivity contribution in [1.82, 2.24) is 10.2 Å². The van der Waals surface area contributed by atoms with Crippen LogP contribution in [0, 0.1) is 0 Å². The van der Waals surface area contributed by atoms with E-state index in [-0.39, 0.29) is 0 Å². The Morgan fingerprint density at radius 2 is 1.93 bits per heavy atom. The summed E-state index contributed by atoms with van der Waals surface area (Å²) in [5.74, 6) is 0. The van der Waals surface area contributed by atoms with E-state index < -0.39 is 0 Å². The Balaban J connectivity index is 3.09. The summed E-state index contributed by atoms with van der Waals surface area (Å²) in [5, 5.41) is 3.34. The highest BCUT2D eigenvalue weighted by molar-refractivity contribution is 4.66. The standard InChI is InChI=1S/C12H26N2/c1-4-6-8-11-14(3)12-9-7-10-13-5-2/h4,13H,1,5-12H2,2-3H3. The smallest absolute Gasteiger partial charge is 0.00188 e. The molecule has 0 bridgehead atoms. The molecule has 0 aromatic carbocycles. The summed E-state index contributed by atoms with van der Waals surface area (Å²) in [6.45, 7) is 10.6. The van der Waals surface area contributed by atoms with E-state index in [1.807, 2.05) is 6.08 Å². The molecule has 0 aliphatic rings. The van der Waals surface area contributed by atoms with E-state index in [1.54, 1.807) is 0 Å². The normalized spacial score (nSPS) is 10.8. The first-order valence-electron chi connectivity index (χ1n) is 5.81. The van der Waals surface area contributed by atoms with E-state index >= 15 is 0 Å². The predicted molar refractivity (Wildman–Crippen MR) is 64.7 cm³/mol. The average Bonchev–Trinajstić information content (AvgIpc) is 2.18. The van der Waals surface area contributed by atoms with Gasteiger partial charge in [0.15, 0.2) is 0 Å². The summed E-state index contributed by atoms with van der Waals surface area (Å²) in [4.78, 5) is 2.41. The van der Waals surface area contributed by atoms with Crippen molar-refractivity contribution in [2.24, 2.45) is 0 Å². The zero-order valence-electron chi connectivity index (χ0n) is 9.89. The van der Waals surface area contributed by atoms with Crippen LogP contribution in [0.2, 0.25) is 0 Å². The summed E-state index contributed by atoms with van der Waals surface area (Å²) in [6.07, 6.45) is 6.98. The molecule has 0 aliphatic carbocycles. The fourth-order valence-corrected chi connectivity index (χ4v) is 1.43. The van der Waals surface area contributed by atoms with E-state index in [1.165, 1.54) is 32.4 Å². The van der Waals surface area contributed by atoms with Gasteiger partial charge >= 0.3 is 0 Å². The fraction of sp³-hybridized carbons (Fsp3) is 0.833. The van der Waals surface area contributed by atoms with Crippen molar-refractivity contribution < 1.29 is 0 Å². The highest BCUT2D eigenvalue weighted by Gasteiger charge is 1.96. The van der Waals surface area contributed by atoms with Crippen molar-refractivity contribution >= 4 is 0 Å². The first-order chi connectivity index (χ1) is 6.81. The Bertz CT molecular complexity index is 123. The van der Waals surface area contributed by atoms with Gasteiger partial charge in [-0.15, -0.1) is 6.58 Å². The molecule has 0 aromatic heterocycles. The molecule has 0 rings (SSSR count). The third kappa shape index (κ3) is 9.75. The lowest BCUT2D eigenvalue weighted by molar-refractivity contribution is 0.322. The molecule has 0 aliphatic heterocycles.